The average molecular weight is 397 g/mol. The van der Waals surface area contributed by atoms with Crippen molar-refractivity contribution in [3.05, 3.63) is 90.0 Å². The van der Waals surface area contributed by atoms with Crippen LogP contribution in [0.1, 0.15) is 28.3 Å². The third kappa shape index (κ3) is 4.78. The van der Waals surface area contributed by atoms with Gasteiger partial charge in [-0.1, -0.05) is 48.5 Å². The van der Waals surface area contributed by atoms with E-state index in [4.69, 9.17) is 0 Å². The van der Waals surface area contributed by atoms with Crippen LogP contribution in [0.25, 0.3) is 10.9 Å². The number of anilines is 2. The number of amides is 1. The maximum Gasteiger partial charge on any atom is 0.270 e. The molecule has 0 saturated carbocycles. The molecule has 0 spiro atoms. The Labute approximate surface area is 175 Å². The van der Waals surface area contributed by atoms with E-state index in [0.717, 1.165) is 29.4 Å². The fourth-order valence-corrected chi connectivity index (χ4v) is 3.32. The predicted molar refractivity (Wildman–Crippen MR) is 119 cm³/mol. The van der Waals surface area contributed by atoms with Gasteiger partial charge in [0.15, 0.2) is 0 Å². The van der Waals surface area contributed by atoms with E-state index < -0.39 is 0 Å². The minimum Gasteiger partial charge on any atom is -0.351 e. The average Bonchev–Trinajstić information content (AvgIpc) is 2.77. The first kappa shape index (κ1) is 19.5. The molecule has 0 fully saturated rings. The molecule has 4 rings (SSSR count). The Morgan fingerprint density at radius 2 is 1.80 bits per heavy atom. The molecule has 0 bridgehead atoms. The van der Waals surface area contributed by atoms with Gasteiger partial charge in [-0.15, -0.1) is 0 Å². The lowest BCUT2D eigenvalue weighted by atomic mass is 10.1. The number of nitrogens with one attached hydrogen (secondary N) is 2. The number of hydrogen-bond donors (Lipinski definition) is 2. The number of aryl methyl sites for hydroxylation is 2. The van der Waals surface area contributed by atoms with Gasteiger partial charge in [0.1, 0.15) is 17.3 Å². The third-order valence-electron chi connectivity index (χ3n) is 4.74. The Bertz CT molecular complexity index is 1160. The molecule has 2 aromatic carbocycles. The van der Waals surface area contributed by atoms with E-state index in [0.29, 0.717) is 23.9 Å². The van der Waals surface area contributed by atoms with Gasteiger partial charge >= 0.3 is 0 Å². The van der Waals surface area contributed by atoms with Crippen LogP contribution in [0, 0.1) is 6.92 Å². The summed E-state index contributed by atoms with van der Waals surface area (Å²) < 4.78 is 0. The number of rotatable bonds is 7. The van der Waals surface area contributed by atoms with Gasteiger partial charge in [-0.05, 0) is 37.5 Å². The molecule has 6 nitrogen and oxygen atoms in total. The summed E-state index contributed by atoms with van der Waals surface area (Å²) >= 11 is 0. The van der Waals surface area contributed by atoms with Crippen molar-refractivity contribution in [2.45, 2.75) is 19.8 Å². The van der Waals surface area contributed by atoms with Crippen LogP contribution in [0.4, 0.5) is 11.5 Å². The largest absolute Gasteiger partial charge is 0.351 e. The number of carbonyl (C=O) groups excluding carboxylic acids is 1. The van der Waals surface area contributed by atoms with Crippen LogP contribution in [-0.2, 0) is 6.42 Å². The fourth-order valence-electron chi connectivity index (χ4n) is 3.32. The van der Waals surface area contributed by atoms with Gasteiger partial charge in [0.05, 0.1) is 11.2 Å². The highest BCUT2D eigenvalue weighted by molar-refractivity contribution is 5.94. The Morgan fingerprint density at radius 1 is 0.967 bits per heavy atom. The van der Waals surface area contributed by atoms with Gasteiger partial charge in [0, 0.05) is 24.2 Å². The summed E-state index contributed by atoms with van der Waals surface area (Å²) in [5.74, 6) is 0.894. The summed E-state index contributed by atoms with van der Waals surface area (Å²) in [7, 11) is 0. The molecule has 0 atom stereocenters. The molecule has 2 N–H and O–H groups in total. The molecule has 150 valence electrons. The van der Waals surface area contributed by atoms with E-state index in [-0.39, 0.29) is 5.91 Å². The Morgan fingerprint density at radius 3 is 2.67 bits per heavy atom. The Kier molecular flexibility index (Phi) is 5.94. The van der Waals surface area contributed by atoms with Crippen LogP contribution >= 0.6 is 0 Å². The zero-order valence-corrected chi connectivity index (χ0v) is 16.8. The van der Waals surface area contributed by atoms with E-state index in [1.807, 2.05) is 48.5 Å². The molecule has 0 aliphatic heterocycles. The summed E-state index contributed by atoms with van der Waals surface area (Å²) in [5, 5.41) is 7.26. The molecule has 30 heavy (non-hydrogen) atoms. The lowest BCUT2D eigenvalue weighted by molar-refractivity contribution is 0.0948. The minimum atomic E-state index is -0.201. The van der Waals surface area contributed by atoms with Gasteiger partial charge in [-0.25, -0.2) is 9.97 Å². The maximum atomic E-state index is 12.6. The molecule has 0 radical (unpaired) electrons. The number of nitrogens with zero attached hydrogens (tertiary/aromatic N) is 3. The van der Waals surface area contributed by atoms with Gasteiger partial charge < -0.3 is 10.6 Å². The Hall–Kier alpha value is -3.80. The van der Waals surface area contributed by atoms with Crippen LogP contribution in [0.3, 0.4) is 0 Å². The van der Waals surface area contributed by atoms with Gasteiger partial charge in [-0.3, -0.25) is 9.78 Å². The van der Waals surface area contributed by atoms with Crippen LogP contribution in [0.15, 0.2) is 72.9 Å². The highest BCUT2D eigenvalue weighted by Crippen LogP contribution is 2.24. The molecule has 0 saturated heterocycles. The van der Waals surface area contributed by atoms with Crippen molar-refractivity contribution in [3.8, 4) is 0 Å². The molecule has 0 unspecified atom stereocenters. The highest BCUT2D eigenvalue weighted by Gasteiger charge is 2.11. The van der Waals surface area contributed by atoms with Crippen molar-refractivity contribution in [3.63, 3.8) is 0 Å². The van der Waals surface area contributed by atoms with E-state index in [1.54, 1.807) is 19.2 Å². The molecule has 6 heteroatoms. The maximum absolute atomic E-state index is 12.6. The van der Waals surface area contributed by atoms with Gasteiger partial charge in [0.25, 0.3) is 5.91 Å². The molecule has 0 aliphatic rings. The molecule has 0 aliphatic carbocycles. The molecule has 4 aromatic rings. The normalized spacial score (nSPS) is 10.7. The van der Waals surface area contributed by atoms with Crippen LogP contribution < -0.4 is 10.6 Å². The number of carbonyl (C=O) groups is 1. The van der Waals surface area contributed by atoms with Crippen LogP contribution in [0.2, 0.25) is 0 Å². The third-order valence-corrected chi connectivity index (χ3v) is 4.74. The lowest BCUT2D eigenvalue weighted by Crippen LogP contribution is -2.26. The van der Waals surface area contributed by atoms with E-state index in [2.05, 4.69) is 37.7 Å². The second-order valence-electron chi connectivity index (χ2n) is 7.04. The summed E-state index contributed by atoms with van der Waals surface area (Å²) in [6, 6.07) is 21.7. The van der Waals surface area contributed by atoms with Crippen molar-refractivity contribution >= 4 is 28.3 Å². The number of pyridine rings is 1. The number of para-hydroxylation sites is 1. The number of benzene rings is 2. The number of hydrogen-bond acceptors (Lipinski definition) is 5. The quantitative estimate of drug-likeness (QED) is 0.451. The molecular formula is C24H23N5O. The lowest BCUT2D eigenvalue weighted by Gasteiger charge is -2.11. The van der Waals surface area contributed by atoms with Crippen molar-refractivity contribution in [1.82, 2.24) is 20.3 Å². The van der Waals surface area contributed by atoms with Crippen molar-refractivity contribution < 1.29 is 4.79 Å². The molecule has 2 aromatic heterocycles. The molecular weight excluding hydrogens is 374 g/mol. The standard InChI is InChI=1S/C24H23N5O/c1-17-27-21(24(30)26-15-6-10-18-8-3-2-4-9-18)16-22(28-17)29-20-13-5-11-19-12-7-14-25-23(19)20/h2-5,7-9,11-14,16H,6,10,15H2,1H3,(H,26,30)(H,27,28,29). The molecule has 2 heterocycles. The van der Waals surface area contributed by atoms with Gasteiger partial charge in [-0.2, -0.15) is 0 Å². The first-order valence-corrected chi connectivity index (χ1v) is 9.97. The Balaban J connectivity index is 1.43. The smallest absolute Gasteiger partial charge is 0.270 e. The van der Waals surface area contributed by atoms with E-state index in [9.17, 15) is 4.79 Å². The highest BCUT2D eigenvalue weighted by atomic mass is 16.1. The monoisotopic (exact) mass is 397 g/mol. The summed E-state index contributed by atoms with van der Waals surface area (Å²) in [6.07, 6.45) is 3.55. The number of fused-ring (bicyclic) bond motifs is 1. The zero-order chi connectivity index (χ0) is 20.8. The molecule has 1 amide bonds. The first-order chi connectivity index (χ1) is 14.7. The summed E-state index contributed by atoms with van der Waals surface area (Å²) in [6.45, 7) is 2.37. The van der Waals surface area contributed by atoms with Crippen molar-refractivity contribution in [1.29, 1.82) is 0 Å². The van der Waals surface area contributed by atoms with Gasteiger partial charge in [0.2, 0.25) is 0 Å². The van der Waals surface area contributed by atoms with E-state index >= 15 is 0 Å². The second kappa shape index (κ2) is 9.13. The minimum absolute atomic E-state index is 0.201. The summed E-state index contributed by atoms with van der Waals surface area (Å²) in [5.41, 5.74) is 3.29. The van der Waals surface area contributed by atoms with Crippen LogP contribution in [-0.4, -0.2) is 27.4 Å². The fraction of sp³-hybridized carbons (Fsp3) is 0.167. The first-order valence-electron chi connectivity index (χ1n) is 9.97. The van der Waals surface area contributed by atoms with Crippen LogP contribution in [0.5, 0.6) is 0 Å². The zero-order valence-electron chi connectivity index (χ0n) is 16.8. The van der Waals surface area contributed by atoms with E-state index in [1.165, 1.54) is 5.56 Å². The SMILES string of the molecule is Cc1nc(Nc2cccc3cccnc23)cc(C(=O)NCCCc2ccccc2)n1. The van der Waals surface area contributed by atoms with Crippen molar-refractivity contribution in [2.24, 2.45) is 0 Å². The summed E-state index contributed by atoms with van der Waals surface area (Å²) in [4.78, 5) is 25.8. The topological polar surface area (TPSA) is 79.8 Å². The second-order valence-corrected chi connectivity index (χ2v) is 7.04. The predicted octanol–water partition coefficient (Wildman–Crippen LogP) is 4.44. The van der Waals surface area contributed by atoms with Crippen molar-refractivity contribution in [2.75, 3.05) is 11.9 Å². The number of aromatic nitrogens is 3.